The Bertz CT molecular complexity index is 734. The highest BCUT2D eigenvalue weighted by molar-refractivity contribution is 5.77. The molecule has 3 rings (SSSR count). The summed E-state index contributed by atoms with van der Waals surface area (Å²) < 4.78 is 7.25. The van der Waals surface area contributed by atoms with Crippen LogP contribution < -0.4 is 0 Å². The Kier molecular flexibility index (Phi) is 5.20. The van der Waals surface area contributed by atoms with E-state index in [0.29, 0.717) is 24.6 Å². The number of rotatable bonds is 6. The van der Waals surface area contributed by atoms with E-state index in [9.17, 15) is 4.79 Å². The summed E-state index contributed by atoms with van der Waals surface area (Å²) in [5.41, 5.74) is 2.16. The summed E-state index contributed by atoms with van der Waals surface area (Å²) in [6.07, 6.45) is 2.99. The normalized spacial score (nSPS) is 17.6. The van der Waals surface area contributed by atoms with Crippen LogP contribution in [0.15, 0.2) is 10.6 Å². The minimum atomic E-state index is 0.160. The van der Waals surface area contributed by atoms with E-state index < -0.39 is 0 Å². The largest absolute Gasteiger partial charge is 0.339 e. The lowest BCUT2D eigenvalue weighted by atomic mass is 10.2. The van der Waals surface area contributed by atoms with E-state index in [4.69, 9.17) is 4.52 Å². The number of hydrogen-bond donors (Lipinski definition) is 0. The standard InChI is InChI=1S/C18H27N5O2/c1-12(2)18-19-16(25-21-18)7-8-17(24)22-9-5-6-15(22)11-23-14(4)10-13(3)20-23/h10,12,15H,5-9,11H2,1-4H3. The Labute approximate surface area is 148 Å². The number of likely N-dealkylation sites (tertiary alicyclic amines) is 1. The molecule has 1 aliphatic heterocycles. The van der Waals surface area contributed by atoms with Crippen LogP contribution in [0.4, 0.5) is 0 Å². The Hall–Kier alpha value is -2.18. The molecule has 1 aliphatic rings. The number of carbonyl (C=O) groups excluding carboxylic acids is 1. The van der Waals surface area contributed by atoms with Crippen molar-refractivity contribution in [3.8, 4) is 0 Å². The van der Waals surface area contributed by atoms with Crippen LogP contribution in [0.5, 0.6) is 0 Å². The molecule has 2 aromatic heterocycles. The zero-order valence-electron chi connectivity index (χ0n) is 15.5. The van der Waals surface area contributed by atoms with E-state index in [1.807, 2.05) is 30.4 Å². The minimum absolute atomic E-state index is 0.160. The van der Waals surface area contributed by atoms with E-state index >= 15 is 0 Å². The van der Waals surface area contributed by atoms with Gasteiger partial charge in [0.1, 0.15) is 0 Å². The highest BCUT2D eigenvalue weighted by Gasteiger charge is 2.29. The van der Waals surface area contributed by atoms with Gasteiger partial charge in [-0.15, -0.1) is 0 Å². The molecular formula is C18H27N5O2. The zero-order chi connectivity index (χ0) is 18.0. The van der Waals surface area contributed by atoms with Crippen LogP contribution in [0.1, 0.15) is 62.1 Å². The molecule has 1 amide bonds. The maximum atomic E-state index is 12.7. The molecule has 136 valence electrons. The Morgan fingerprint density at radius 3 is 2.84 bits per heavy atom. The number of amides is 1. The fourth-order valence-electron chi connectivity index (χ4n) is 3.37. The molecule has 0 aromatic carbocycles. The smallest absolute Gasteiger partial charge is 0.227 e. The van der Waals surface area contributed by atoms with Crippen molar-refractivity contribution in [2.45, 2.75) is 71.9 Å². The van der Waals surface area contributed by atoms with Gasteiger partial charge in [0.05, 0.1) is 18.3 Å². The molecule has 0 saturated carbocycles. The molecule has 1 unspecified atom stereocenters. The summed E-state index contributed by atoms with van der Waals surface area (Å²) in [5.74, 6) is 1.64. The minimum Gasteiger partial charge on any atom is -0.339 e. The molecule has 1 fully saturated rings. The third kappa shape index (κ3) is 4.08. The number of aromatic nitrogens is 4. The lowest BCUT2D eigenvalue weighted by molar-refractivity contribution is -0.132. The summed E-state index contributed by atoms with van der Waals surface area (Å²) in [7, 11) is 0. The average Bonchev–Trinajstić information content (AvgIpc) is 3.26. The summed E-state index contributed by atoms with van der Waals surface area (Å²) in [4.78, 5) is 19.0. The Morgan fingerprint density at radius 1 is 1.40 bits per heavy atom. The second-order valence-electron chi connectivity index (χ2n) is 7.19. The third-order valence-corrected chi connectivity index (χ3v) is 4.74. The van der Waals surface area contributed by atoms with Gasteiger partial charge in [0.15, 0.2) is 5.82 Å². The van der Waals surface area contributed by atoms with Crippen molar-refractivity contribution < 1.29 is 9.32 Å². The molecule has 7 nitrogen and oxygen atoms in total. The summed E-state index contributed by atoms with van der Waals surface area (Å²) in [5, 5.41) is 8.48. The van der Waals surface area contributed by atoms with Gasteiger partial charge in [0, 0.05) is 31.0 Å². The summed E-state index contributed by atoms with van der Waals surface area (Å²) in [6.45, 7) is 9.69. The zero-order valence-corrected chi connectivity index (χ0v) is 15.5. The van der Waals surface area contributed by atoms with E-state index in [1.54, 1.807) is 0 Å². The molecule has 25 heavy (non-hydrogen) atoms. The van der Waals surface area contributed by atoms with Crippen molar-refractivity contribution in [1.29, 1.82) is 0 Å². The van der Waals surface area contributed by atoms with Gasteiger partial charge in [0.25, 0.3) is 0 Å². The molecule has 1 atom stereocenters. The van der Waals surface area contributed by atoms with Crippen molar-refractivity contribution in [2.24, 2.45) is 0 Å². The van der Waals surface area contributed by atoms with Crippen molar-refractivity contribution in [3.63, 3.8) is 0 Å². The molecular weight excluding hydrogens is 318 g/mol. The van der Waals surface area contributed by atoms with Gasteiger partial charge in [0.2, 0.25) is 11.8 Å². The molecule has 3 heterocycles. The van der Waals surface area contributed by atoms with Crippen LogP contribution in [0.2, 0.25) is 0 Å². The van der Waals surface area contributed by atoms with Crippen molar-refractivity contribution >= 4 is 5.91 Å². The number of nitrogens with zero attached hydrogens (tertiary/aromatic N) is 5. The first kappa shape index (κ1) is 17.6. The lowest BCUT2D eigenvalue weighted by Gasteiger charge is -2.25. The van der Waals surface area contributed by atoms with Crippen molar-refractivity contribution in [1.82, 2.24) is 24.8 Å². The first-order valence-electron chi connectivity index (χ1n) is 9.07. The van der Waals surface area contributed by atoms with Crippen LogP contribution in [-0.2, 0) is 17.8 Å². The van der Waals surface area contributed by atoms with Crippen LogP contribution in [0, 0.1) is 13.8 Å². The highest BCUT2D eigenvalue weighted by atomic mass is 16.5. The Morgan fingerprint density at radius 2 is 2.20 bits per heavy atom. The van der Waals surface area contributed by atoms with E-state index in [2.05, 4.69) is 28.2 Å². The van der Waals surface area contributed by atoms with Gasteiger partial charge in [-0.1, -0.05) is 19.0 Å². The topological polar surface area (TPSA) is 77.0 Å². The van der Waals surface area contributed by atoms with Crippen LogP contribution in [0.25, 0.3) is 0 Å². The second-order valence-corrected chi connectivity index (χ2v) is 7.19. The van der Waals surface area contributed by atoms with Gasteiger partial charge >= 0.3 is 0 Å². The molecule has 0 spiro atoms. The van der Waals surface area contributed by atoms with Crippen LogP contribution in [-0.4, -0.2) is 43.3 Å². The molecule has 0 N–H and O–H groups in total. The predicted molar refractivity (Wildman–Crippen MR) is 93.1 cm³/mol. The monoisotopic (exact) mass is 345 g/mol. The van der Waals surface area contributed by atoms with E-state index in [1.165, 1.54) is 0 Å². The first-order valence-corrected chi connectivity index (χ1v) is 9.07. The molecule has 0 radical (unpaired) electrons. The molecule has 0 aliphatic carbocycles. The van der Waals surface area contributed by atoms with Crippen LogP contribution in [0.3, 0.4) is 0 Å². The predicted octanol–water partition coefficient (Wildman–Crippen LogP) is 2.63. The third-order valence-electron chi connectivity index (χ3n) is 4.74. The summed E-state index contributed by atoms with van der Waals surface area (Å²) >= 11 is 0. The molecule has 7 heteroatoms. The average molecular weight is 345 g/mol. The van der Waals surface area contributed by atoms with Crippen molar-refractivity contribution in [3.05, 3.63) is 29.2 Å². The van der Waals surface area contributed by atoms with Gasteiger partial charge in [-0.05, 0) is 32.8 Å². The van der Waals surface area contributed by atoms with E-state index in [-0.39, 0.29) is 17.9 Å². The molecule has 0 bridgehead atoms. The molecule has 2 aromatic rings. The Balaban J connectivity index is 1.57. The quantitative estimate of drug-likeness (QED) is 0.804. The number of aryl methyl sites for hydroxylation is 3. The van der Waals surface area contributed by atoms with Gasteiger partial charge in [-0.3, -0.25) is 9.48 Å². The first-order chi connectivity index (χ1) is 11.9. The van der Waals surface area contributed by atoms with Crippen molar-refractivity contribution in [2.75, 3.05) is 6.54 Å². The van der Waals surface area contributed by atoms with Gasteiger partial charge in [-0.25, -0.2) is 0 Å². The highest BCUT2D eigenvalue weighted by Crippen LogP contribution is 2.21. The van der Waals surface area contributed by atoms with Crippen LogP contribution >= 0.6 is 0 Å². The number of hydrogen-bond acceptors (Lipinski definition) is 5. The fourth-order valence-corrected chi connectivity index (χ4v) is 3.37. The summed E-state index contributed by atoms with van der Waals surface area (Å²) in [6, 6.07) is 2.29. The fraction of sp³-hybridized carbons (Fsp3) is 0.667. The second kappa shape index (κ2) is 7.37. The number of carbonyl (C=O) groups is 1. The van der Waals surface area contributed by atoms with Gasteiger partial charge < -0.3 is 9.42 Å². The lowest BCUT2D eigenvalue weighted by Crippen LogP contribution is -2.38. The maximum absolute atomic E-state index is 12.7. The van der Waals surface area contributed by atoms with Gasteiger partial charge in [-0.2, -0.15) is 10.1 Å². The maximum Gasteiger partial charge on any atom is 0.227 e. The SMILES string of the molecule is Cc1cc(C)n(CC2CCCN2C(=O)CCc2nc(C(C)C)no2)n1. The molecule has 1 saturated heterocycles. The van der Waals surface area contributed by atoms with E-state index in [0.717, 1.165) is 37.3 Å².